The van der Waals surface area contributed by atoms with Gasteiger partial charge in [-0.15, -0.1) is 0 Å². The first kappa shape index (κ1) is 44.4. The number of hydrogen-bond acceptors (Lipinski definition) is 2. The summed E-state index contributed by atoms with van der Waals surface area (Å²) in [6, 6.07) is 0. The second-order valence-electron chi connectivity index (χ2n) is 27.6. The van der Waals surface area contributed by atoms with Crippen LogP contribution in [-0.2, 0) is 9.53 Å². The lowest BCUT2D eigenvalue weighted by atomic mass is 9.32. The smallest absolute Gasteiger partial charge is 0.312 e. The van der Waals surface area contributed by atoms with E-state index in [-0.39, 0.29) is 17.5 Å². The average Bonchev–Trinajstić information content (AvgIpc) is 3.76. The number of rotatable bonds is 8. The fraction of sp³-hybridized carbons (Fsp3) is 0.948. The molecule has 9 aliphatic rings. The van der Waals surface area contributed by atoms with Crippen LogP contribution in [0, 0.1) is 115 Å². The second kappa shape index (κ2) is 15.1. The van der Waals surface area contributed by atoms with Gasteiger partial charge in [0, 0.05) is 6.42 Å². The van der Waals surface area contributed by atoms with Gasteiger partial charge in [0.15, 0.2) is 0 Å². The lowest BCUT2D eigenvalue weighted by Crippen LogP contribution is -2.66. The van der Waals surface area contributed by atoms with Crippen molar-refractivity contribution >= 4 is 5.97 Å². The van der Waals surface area contributed by atoms with Crippen LogP contribution in [0.3, 0.4) is 0 Å². The molecule has 0 amide bonds. The van der Waals surface area contributed by atoms with E-state index in [1.807, 2.05) is 0 Å². The van der Waals surface area contributed by atoms with E-state index in [0.717, 1.165) is 78.9 Å². The highest BCUT2D eigenvalue weighted by atomic mass is 16.5. The Kier molecular flexibility index (Phi) is 11.2. The molecule has 18 atom stereocenters. The van der Waals surface area contributed by atoms with Crippen molar-refractivity contribution in [3.63, 3.8) is 0 Å². The van der Waals surface area contributed by atoms with E-state index in [1.54, 1.807) is 5.57 Å². The monoisotopic (exact) mass is 825 g/mol. The minimum absolute atomic E-state index is 0.0757. The molecule has 60 heavy (non-hydrogen) atoms. The van der Waals surface area contributed by atoms with E-state index in [0.29, 0.717) is 56.2 Å². The summed E-state index contributed by atoms with van der Waals surface area (Å²) >= 11 is 0. The lowest BCUT2D eigenvalue weighted by molar-refractivity contribution is -0.245. The van der Waals surface area contributed by atoms with Crippen molar-refractivity contribution in [2.75, 3.05) is 0 Å². The van der Waals surface area contributed by atoms with Crippen molar-refractivity contribution in [1.29, 1.82) is 0 Å². The molecule has 0 saturated heterocycles. The third kappa shape index (κ3) is 6.24. The van der Waals surface area contributed by atoms with Gasteiger partial charge in [-0.3, -0.25) is 4.79 Å². The minimum Gasteiger partial charge on any atom is -0.462 e. The molecular formula is C58H96O2. The van der Waals surface area contributed by atoms with Crippen LogP contribution in [-0.4, -0.2) is 12.1 Å². The van der Waals surface area contributed by atoms with E-state index in [2.05, 4.69) is 96.1 Å². The van der Waals surface area contributed by atoms with Gasteiger partial charge in [0.05, 0.1) is 5.41 Å². The van der Waals surface area contributed by atoms with Crippen LogP contribution in [0.15, 0.2) is 11.6 Å². The topological polar surface area (TPSA) is 26.3 Å². The zero-order valence-corrected chi connectivity index (χ0v) is 41.8. The quantitative estimate of drug-likeness (QED) is 0.180. The predicted octanol–water partition coefficient (Wildman–Crippen LogP) is 16.3. The Labute approximate surface area is 371 Å². The molecule has 0 aliphatic heterocycles. The van der Waals surface area contributed by atoms with Crippen LogP contribution < -0.4 is 0 Å². The van der Waals surface area contributed by atoms with Crippen molar-refractivity contribution in [1.82, 2.24) is 0 Å². The molecule has 340 valence electrons. The number of fused-ring (bicyclic) bond motifs is 12. The summed E-state index contributed by atoms with van der Waals surface area (Å²) in [5.41, 5.74) is 3.79. The van der Waals surface area contributed by atoms with Crippen LogP contribution >= 0.6 is 0 Å². The summed E-state index contributed by atoms with van der Waals surface area (Å²) in [6.45, 7) is 33.9. The number of hydrogen-bond donors (Lipinski definition) is 0. The normalized spacial score (nSPS) is 52.2. The molecule has 8 saturated carbocycles. The molecule has 8 fully saturated rings. The van der Waals surface area contributed by atoms with Crippen molar-refractivity contribution in [3.05, 3.63) is 11.6 Å². The summed E-state index contributed by atoms with van der Waals surface area (Å²) in [6.07, 6.45) is 30.4. The molecule has 4 unspecified atom stereocenters. The van der Waals surface area contributed by atoms with Crippen LogP contribution in [0.4, 0.5) is 0 Å². The zero-order chi connectivity index (χ0) is 43.0. The van der Waals surface area contributed by atoms with Gasteiger partial charge in [0.25, 0.3) is 0 Å². The maximum absolute atomic E-state index is 15.3. The third-order valence-corrected chi connectivity index (χ3v) is 24.8. The first-order valence-corrected chi connectivity index (χ1v) is 27.1. The van der Waals surface area contributed by atoms with E-state index in [1.165, 1.54) is 109 Å². The summed E-state index contributed by atoms with van der Waals surface area (Å²) in [5, 5.41) is 0. The standard InChI is InChI=1S/C58H96O2/c1-36(2)15-14-16-38(5)44-19-20-45-43-18-17-40-35-41(24-29-53(40,9)46(43)26-30-54(44,45)10)60-51(59)58-32-25-42(37(3)4)50(58)47-21-22-49-55(11)28-23-39(6)52(7,8)48(55)27-31-57(49,13)56(47,12)33-34-58/h17,36-39,41-50H,14-16,18-35H2,1-13H3/t38-,39?,41+,42?,43+,44-,45+,46+,47-,48?,49-,50?,53+,54-,55+,56-,57-,58+/m1/s1. The summed E-state index contributed by atoms with van der Waals surface area (Å²) in [5.74, 6) is 10.3. The van der Waals surface area contributed by atoms with Crippen LogP contribution in [0.2, 0.25) is 0 Å². The van der Waals surface area contributed by atoms with Gasteiger partial charge in [0.1, 0.15) is 6.10 Å². The molecule has 0 N–H and O–H groups in total. The Hall–Kier alpha value is -0.790. The molecule has 0 bridgehead atoms. The van der Waals surface area contributed by atoms with Gasteiger partial charge < -0.3 is 4.74 Å². The highest BCUT2D eigenvalue weighted by Crippen LogP contribution is 2.78. The Balaban J connectivity index is 0.910. The van der Waals surface area contributed by atoms with Crippen molar-refractivity contribution < 1.29 is 9.53 Å². The van der Waals surface area contributed by atoms with Crippen LogP contribution in [0.1, 0.15) is 225 Å². The molecule has 0 radical (unpaired) electrons. The van der Waals surface area contributed by atoms with Crippen molar-refractivity contribution in [3.8, 4) is 0 Å². The summed E-state index contributed by atoms with van der Waals surface area (Å²) in [7, 11) is 0. The number of allylic oxidation sites excluding steroid dienone is 1. The lowest BCUT2D eigenvalue weighted by Gasteiger charge is -2.73. The first-order chi connectivity index (χ1) is 28.2. The molecule has 2 nitrogen and oxygen atoms in total. The number of esters is 1. The van der Waals surface area contributed by atoms with Gasteiger partial charge in [-0.1, -0.05) is 121 Å². The fourth-order valence-corrected chi connectivity index (χ4v) is 20.9. The minimum atomic E-state index is -0.267. The summed E-state index contributed by atoms with van der Waals surface area (Å²) in [4.78, 5) is 15.3. The number of carbonyl (C=O) groups excluding carboxylic acids is 1. The average molecular weight is 825 g/mol. The molecule has 9 rings (SSSR count). The van der Waals surface area contributed by atoms with Crippen molar-refractivity contribution in [2.45, 2.75) is 231 Å². The second-order valence-corrected chi connectivity index (χ2v) is 27.6. The van der Waals surface area contributed by atoms with E-state index < -0.39 is 0 Å². The first-order valence-electron chi connectivity index (χ1n) is 27.1. The van der Waals surface area contributed by atoms with Crippen LogP contribution in [0.25, 0.3) is 0 Å². The number of carbonyl (C=O) groups is 1. The predicted molar refractivity (Wildman–Crippen MR) is 251 cm³/mol. The largest absolute Gasteiger partial charge is 0.462 e. The Morgan fingerprint density at radius 2 is 1.42 bits per heavy atom. The zero-order valence-electron chi connectivity index (χ0n) is 41.8. The molecular weight excluding hydrogens is 729 g/mol. The Morgan fingerprint density at radius 3 is 2.15 bits per heavy atom. The van der Waals surface area contributed by atoms with E-state index in [9.17, 15) is 0 Å². The van der Waals surface area contributed by atoms with Gasteiger partial charge >= 0.3 is 5.97 Å². The van der Waals surface area contributed by atoms with Gasteiger partial charge in [-0.25, -0.2) is 0 Å². The maximum atomic E-state index is 15.3. The SMILES string of the molecule is CC(C)CCC[C@@H](C)[C@H]1CC[C@H]2[C@@H]3CC=C4C[C@@H](OC(=O)[C@]56CCC(C(C)C)C5[C@H]5CC[C@@H]7[C@@]8(C)CCC(C)C(C)(C)C8CC[C@@]7(C)[C@]5(C)CC6)CC[C@]4(C)[C@H]3CC[C@]12C. The van der Waals surface area contributed by atoms with Gasteiger partial charge in [-0.05, 0) is 219 Å². The molecule has 2 heteroatoms. The third-order valence-electron chi connectivity index (χ3n) is 24.8. The highest BCUT2D eigenvalue weighted by Gasteiger charge is 2.72. The van der Waals surface area contributed by atoms with Crippen LogP contribution in [0.5, 0.6) is 0 Å². The van der Waals surface area contributed by atoms with Crippen molar-refractivity contribution in [2.24, 2.45) is 115 Å². The van der Waals surface area contributed by atoms with E-state index in [4.69, 9.17) is 4.74 Å². The fourth-order valence-electron chi connectivity index (χ4n) is 20.9. The van der Waals surface area contributed by atoms with E-state index >= 15 is 4.79 Å². The maximum Gasteiger partial charge on any atom is 0.312 e. The highest BCUT2D eigenvalue weighted by molar-refractivity contribution is 5.78. The molecule has 0 spiro atoms. The molecule has 0 heterocycles. The Morgan fingerprint density at radius 1 is 0.683 bits per heavy atom. The molecule has 0 aromatic rings. The molecule has 0 aromatic carbocycles. The number of ether oxygens (including phenoxy) is 1. The summed E-state index contributed by atoms with van der Waals surface area (Å²) < 4.78 is 7.05. The molecule has 9 aliphatic carbocycles. The van der Waals surface area contributed by atoms with Gasteiger partial charge in [0.2, 0.25) is 0 Å². The Bertz CT molecular complexity index is 1650. The molecule has 0 aromatic heterocycles. The van der Waals surface area contributed by atoms with Gasteiger partial charge in [-0.2, -0.15) is 0 Å².